The number of carbonyl (C=O) groups excluding carboxylic acids is 1. The third kappa shape index (κ3) is 4.33. The fourth-order valence-electron chi connectivity index (χ4n) is 3.09. The number of amides is 1. The number of rotatable bonds is 6. The molecule has 0 saturated heterocycles. The first-order chi connectivity index (χ1) is 10.8. The van der Waals surface area contributed by atoms with E-state index in [2.05, 4.69) is 10.4 Å². The second-order valence-corrected chi connectivity index (χ2v) is 7.17. The Kier molecular flexibility index (Phi) is 5.44. The summed E-state index contributed by atoms with van der Waals surface area (Å²) in [6.07, 6.45) is 10.3. The second kappa shape index (κ2) is 7.15. The number of nitrogens with zero attached hydrogens (tertiary/aromatic N) is 2. The van der Waals surface area contributed by atoms with Crippen molar-refractivity contribution in [1.29, 1.82) is 0 Å². The van der Waals surface area contributed by atoms with E-state index in [0.717, 1.165) is 6.42 Å². The first kappa shape index (κ1) is 17.5. The molecule has 2 rings (SSSR count). The van der Waals surface area contributed by atoms with Crippen molar-refractivity contribution in [3.63, 3.8) is 0 Å². The lowest BCUT2D eigenvalue weighted by atomic mass is 9.83. The summed E-state index contributed by atoms with van der Waals surface area (Å²) >= 11 is 0. The Labute approximate surface area is 137 Å². The van der Waals surface area contributed by atoms with Gasteiger partial charge in [-0.1, -0.05) is 39.0 Å². The van der Waals surface area contributed by atoms with Gasteiger partial charge in [0.15, 0.2) is 5.54 Å². The molecular formula is C17H27N3O3. The molecule has 0 radical (unpaired) electrons. The number of aromatic nitrogens is 2. The third-order valence-electron chi connectivity index (χ3n) is 4.81. The largest absolute Gasteiger partial charge is 0.479 e. The third-order valence-corrected chi connectivity index (χ3v) is 4.81. The lowest BCUT2D eigenvalue weighted by Gasteiger charge is -2.24. The zero-order chi connectivity index (χ0) is 17.0. The fourth-order valence-corrected chi connectivity index (χ4v) is 3.09. The molecule has 1 aromatic heterocycles. The van der Waals surface area contributed by atoms with Crippen LogP contribution in [0.1, 0.15) is 59.3 Å². The van der Waals surface area contributed by atoms with Gasteiger partial charge in [0.2, 0.25) is 5.91 Å². The Balaban J connectivity index is 1.92. The highest BCUT2D eigenvalue weighted by Crippen LogP contribution is 2.29. The number of anilines is 1. The summed E-state index contributed by atoms with van der Waals surface area (Å²) in [5, 5.41) is 16.1. The van der Waals surface area contributed by atoms with Crippen molar-refractivity contribution in [1.82, 2.24) is 9.78 Å². The average Bonchev–Trinajstić information content (AvgIpc) is 2.97. The van der Waals surface area contributed by atoms with E-state index in [4.69, 9.17) is 0 Å². The lowest BCUT2D eigenvalue weighted by molar-refractivity contribution is -0.146. The van der Waals surface area contributed by atoms with Crippen LogP contribution in [0.4, 0.5) is 5.69 Å². The molecule has 0 aromatic carbocycles. The van der Waals surface area contributed by atoms with Gasteiger partial charge < -0.3 is 10.4 Å². The van der Waals surface area contributed by atoms with Gasteiger partial charge in [0.05, 0.1) is 11.9 Å². The summed E-state index contributed by atoms with van der Waals surface area (Å²) in [6, 6.07) is 0. The number of nitrogens with one attached hydrogen (secondary N) is 1. The van der Waals surface area contributed by atoms with Crippen LogP contribution in [0.15, 0.2) is 12.4 Å². The highest BCUT2D eigenvalue weighted by molar-refractivity contribution is 5.92. The maximum atomic E-state index is 12.3. The van der Waals surface area contributed by atoms with Crippen molar-refractivity contribution in [2.24, 2.45) is 11.8 Å². The first-order valence-corrected chi connectivity index (χ1v) is 8.40. The molecule has 1 aliphatic carbocycles. The quantitative estimate of drug-likeness (QED) is 0.842. The second-order valence-electron chi connectivity index (χ2n) is 7.17. The van der Waals surface area contributed by atoms with Gasteiger partial charge in [0.1, 0.15) is 0 Å². The molecule has 1 atom stereocenters. The highest BCUT2D eigenvalue weighted by Gasteiger charge is 2.30. The number of carboxylic acid groups (broad SMARTS) is 1. The monoisotopic (exact) mass is 321 g/mol. The van der Waals surface area contributed by atoms with E-state index in [0.29, 0.717) is 11.6 Å². The Bertz CT molecular complexity index is 559. The van der Waals surface area contributed by atoms with E-state index >= 15 is 0 Å². The molecule has 1 aliphatic rings. The number of hydrogen-bond donors (Lipinski definition) is 2. The van der Waals surface area contributed by atoms with Crippen LogP contribution in [0.2, 0.25) is 0 Å². The SMILES string of the molecule is CC(CC1CCCCC1)C(=O)Nc1cnn(C(C)(C)C(=O)O)c1. The molecule has 23 heavy (non-hydrogen) atoms. The molecule has 6 heteroatoms. The van der Waals surface area contributed by atoms with Gasteiger partial charge in [-0.05, 0) is 26.2 Å². The Morgan fingerprint density at radius 1 is 1.39 bits per heavy atom. The van der Waals surface area contributed by atoms with Crippen LogP contribution < -0.4 is 5.32 Å². The van der Waals surface area contributed by atoms with Crippen molar-refractivity contribution in [2.45, 2.75) is 64.8 Å². The smallest absolute Gasteiger partial charge is 0.331 e. The summed E-state index contributed by atoms with van der Waals surface area (Å²) in [4.78, 5) is 23.5. The fraction of sp³-hybridized carbons (Fsp3) is 0.706. The Hall–Kier alpha value is -1.85. The summed E-state index contributed by atoms with van der Waals surface area (Å²) in [5.74, 6) is -0.389. The lowest BCUT2D eigenvalue weighted by Crippen LogP contribution is -2.35. The van der Waals surface area contributed by atoms with Crippen LogP contribution >= 0.6 is 0 Å². The predicted octanol–water partition coefficient (Wildman–Crippen LogP) is 3.25. The van der Waals surface area contributed by atoms with Crippen LogP contribution in [-0.2, 0) is 15.1 Å². The van der Waals surface area contributed by atoms with Crippen molar-refractivity contribution in [3.8, 4) is 0 Å². The van der Waals surface area contributed by atoms with Gasteiger partial charge in [-0.15, -0.1) is 0 Å². The zero-order valence-electron chi connectivity index (χ0n) is 14.2. The van der Waals surface area contributed by atoms with Gasteiger partial charge in [-0.2, -0.15) is 5.10 Å². The minimum absolute atomic E-state index is 0.0248. The summed E-state index contributed by atoms with van der Waals surface area (Å²) in [6.45, 7) is 5.09. The number of hydrogen-bond acceptors (Lipinski definition) is 3. The van der Waals surface area contributed by atoms with E-state index in [1.807, 2.05) is 6.92 Å². The minimum Gasteiger partial charge on any atom is -0.479 e. The van der Waals surface area contributed by atoms with Gasteiger partial charge in [-0.3, -0.25) is 9.48 Å². The molecule has 1 fully saturated rings. The van der Waals surface area contributed by atoms with E-state index < -0.39 is 11.5 Å². The van der Waals surface area contributed by atoms with Gasteiger partial charge in [0, 0.05) is 12.1 Å². The van der Waals surface area contributed by atoms with Crippen molar-refractivity contribution in [2.75, 3.05) is 5.32 Å². The average molecular weight is 321 g/mol. The molecule has 1 unspecified atom stereocenters. The predicted molar refractivity (Wildman–Crippen MR) is 88.2 cm³/mol. The molecule has 1 heterocycles. The molecule has 128 valence electrons. The van der Waals surface area contributed by atoms with Crippen molar-refractivity contribution >= 4 is 17.6 Å². The van der Waals surface area contributed by atoms with Crippen LogP contribution in [-0.4, -0.2) is 26.8 Å². The van der Waals surface area contributed by atoms with Gasteiger partial charge in [0.25, 0.3) is 0 Å². The summed E-state index contributed by atoms with van der Waals surface area (Å²) < 4.78 is 1.36. The minimum atomic E-state index is -1.14. The number of aliphatic carboxylic acids is 1. The molecule has 1 aromatic rings. The van der Waals surface area contributed by atoms with Crippen LogP contribution in [0.25, 0.3) is 0 Å². The molecular weight excluding hydrogens is 294 g/mol. The summed E-state index contributed by atoms with van der Waals surface area (Å²) in [5.41, 5.74) is -0.601. The number of carbonyl (C=O) groups is 2. The summed E-state index contributed by atoms with van der Waals surface area (Å²) in [7, 11) is 0. The molecule has 6 nitrogen and oxygen atoms in total. The molecule has 0 bridgehead atoms. The van der Waals surface area contributed by atoms with Crippen molar-refractivity contribution < 1.29 is 14.7 Å². The molecule has 1 amide bonds. The van der Waals surface area contributed by atoms with E-state index in [-0.39, 0.29) is 11.8 Å². The number of carboxylic acids is 1. The van der Waals surface area contributed by atoms with Gasteiger partial charge in [-0.25, -0.2) is 4.79 Å². The highest BCUT2D eigenvalue weighted by atomic mass is 16.4. The van der Waals surface area contributed by atoms with E-state index in [1.54, 1.807) is 20.0 Å². The zero-order valence-corrected chi connectivity index (χ0v) is 14.2. The maximum Gasteiger partial charge on any atom is 0.331 e. The molecule has 1 saturated carbocycles. The topological polar surface area (TPSA) is 84.2 Å². The first-order valence-electron chi connectivity index (χ1n) is 8.40. The molecule has 0 spiro atoms. The van der Waals surface area contributed by atoms with Crippen LogP contribution in [0.5, 0.6) is 0 Å². The maximum absolute atomic E-state index is 12.3. The standard InChI is InChI=1S/C17H27N3O3/c1-12(9-13-7-5-4-6-8-13)15(21)19-14-10-18-20(11-14)17(2,3)16(22)23/h10-13H,4-9H2,1-3H3,(H,19,21)(H,22,23). The van der Waals surface area contributed by atoms with E-state index in [1.165, 1.54) is 43.0 Å². The van der Waals surface area contributed by atoms with Crippen LogP contribution in [0, 0.1) is 11.8 Å². The molecule has 2 N–H and O–H groups in total. The van der Waals surface area contributed by atoms with Crippen LogP contribution in [0.3, 0.4) is 0 Å². The van der Waals surface area contributed by atoms with E-state index in [9.17, 15) is 14.7 Å². The van der Waals surface area contributed by atoms with Crippen molar-refractivity contribution in [3.05, 3.63) is 12.4 Å². The normalized spacial score (nSPS) is 17.7. The Morgan fingerprint density at radius 3 is 2.65 bits per heavy atom. The molecule has 0 aliphatic heterocycles. The van der Waals surface area contributed by atoms with Gasteiger partial charge >= 0.3 is 5.97 Å². The Morgan fingerprint density at radius 2 is 2.04 bits per heavy atom.